The number of hydrogen-bond donors (Lipinski definition) is 1. The van der Waals surface area contributed by atoms with E-state index in [1.54, 1.807) is 0 Å². The quantitative estimate of drug-likeness (QED) is 0.758. The highest BCUT2D eigenvalue weighted by Crippen LogP contribution is 2.25. The summed E-state index contributed by atoms with van der Waals surface area (Å²) in [6, 6.07) is 7.06. The molecule has 1 aliphatic rings. The lowest BCUT2D eigenvalue weighted by Gasteiger charge is -2.23. The maximum absolute atomic E-state index is 3.49. The van der Waals surface area contributed by atoms with E-state index in [0.29, 0.717) is 6.04 Å². The number of hydrogen-bond acceptors (Lipinski definition) is 1. The van der Waals surface area contributed by atoms with Crippen LogP contribution in [0.25, 0.3) is 0 Å². The fraction of sp³-hybridized carbons (Fsp3) is 0.400. The Morgan fingerprint density at radius 2 is 2.23 bits per heavy atom. The van der Waals surface area contributed by atoms with Crippen LogP contribution in [0, 0.1) is 0 Å². The van der Waals surface area contributed by atoms with Crippen LogP contribution in [0.2, 0.25) is 0 Å². The van der Waals surface area contributed by atoms with Crippen molar-refractivity contribution in [3.63, 3.8) is 0 Å². The number of halogens is 2. The van der Waals surface area contributed by atoms with E-state index >= 15 is 0 Å². The van der Waals surface area contributed by atoms with Gasteiger partial charge in [0, 0.05) is 10.5 Å². The van der Waals surface area contributed by atoms with Gasteiger partial charge in [-0.05, 0) is 43.1 Å². The van der Waals surface area contributed by atoms with E-state index in [2.05, 4.69) is 46.4 Å². The Balaban J connectivity index is 0.000000845. The predicted molar refractivity (Wildman–Crippen MR) is 61.5 cm³/mol. The maximum atomic E-state index is 3.49. The van der Waals surface area contributed by atoms with Crippen LogP contribution in [-0.4, -0.2) is 6.54 Å². The molecule has 0 amide bonds. The first-order chi connectivity index (χ1) is 5.77. The van der Waals surface area contributed by atoms with Gasteiger partial charge in [0.1, 0.15) is 0 Å². The van der Waals surface area contributed by atoms with Gasteiger partial charge in [0.15, 0.2) is 0 Å². The summed E-state index contributed by atoms with van der Waals surface area (Å²) in [7, 11) is 0. The highest BCUT2D eigenvalue weighted by Gasteiger charge is 2.14. The van der Waals surface area contributed by atoms with E-state index in [1.807, 2.05) is 0 Å². The first-order valence-corrected chi connectivity index (χ1v) is 5.08. The summed E-state index contributed by atoms with van der Waals surface area (Å²) in [4.78, 5) is 0. The third-order valence-electron chi connectivity index (χ3n) is 2.42. The molecule has 1 nitrogen and oxygen atoms in total. The van der Waals surface area contributed by atoms with Crippen LogP contribution >= 0.6 is 28.3 Å². The Morgan fingerprint density at radius 1 is 1.46 bits per heavy atom. The van der Waals surface area contributed by atoms with Gasteiger partial charge in [-0.2, -0.15) is 0 Å². The lowest BCUT2D eigenvalue weighted by Crippen LogP contribution is -2.27. The molecule has 0 aromatic heterocycles. The number of rotatable bonds is 0. The average Bonchev–Trinajstić information content (AvgIpc) is 2.04. The van der Waals surface area contributed by atoms with Gasteiger partial charge in [-0.25, -0.2) is 0 Å². The number of benzene rings is 1. The monoisotopic (exact) mass is 261 g/mol. The van der Waals surface area contributed by atoms with E-state index in [4.69, 9.17) is 0 Å². The molecule has 0 saturated heterocycles. The van der Waals surface area contributed by atoms with Crippen LogP contribution in [0.4, 0.5) is 0 Å². The summed E-state index contributed by atoms with van der Waals surface area (Å²) in [6.07, 6.45) is 1.15. The lowest BCUT2D eigenvalue weighted by atomic mass is 9.96. The van der Waals surface area contributed by atoms with E-state index in [1.165, 1.54) is 15.6 Å². The highest BCUT2D eigenvalue weighted by atomic mass is 79.9. The number of nitrogens with one attached hydrogen (secondary N) is 1. The molecule has 3 heteroatoms. The van der Waals surface area contributed by atoms with Crippen LogP contribution in [-0.2, 0) is 6.42 Å². The normalized spacial score (nSPS) is 20.3. The first-order valence-electron chi connectivity index (χ1n) is 4.29. The van der Waals surface area contributed by atoms with Crippen LogP contribution in [0.5, 0.6) is 0 Å². The van der Waals surface area contributed by atoms with Crippen molar-refractivity contribution in [2.45, 2.75) is 19.4 Å². The van der Waals surface area contributed by atoms with Crippen LogP contribution in [0.15, 0.2) is 22.7 Å². The van der Waals surface area contributed by atoms with Crippen molar-refractivity contribution in [3.8, 4) is 0 Å². The summed E-state index contributed by atoms with van der Waals surface area (Å²) in [5.41, 5.74) is 2.93. The van der Waals surface area contributed by atoms with Crippen molar-refractivity contribution >= 4 is 28.3 Å². The molecule has 0 spiro atoms. The molecule has 1 atom stereocenters. The van der Waals surface area contributed by atoms with Crippen molar-refractivity contribution in [1.29, 1.82) is 0 Å². The van der Waals surface area contributed by atoms with E-state index in [9.17, 15) is 0 Å². The Bertz CT molecular complexity index is 301. The largest absolute Gasteiger partial charge is 0.310 e. The maximum Gasteiger partial charge on any atom is 0.0294 e. The molecule has 0 saturated carbocycles. The van der Waals surface area contributed by atoms with Gasteiger partial charge >= 0.3 is 0 Å². The molecule has 1 heterocycles. The van der Waals surface area contributed by atoms with Gasteiger partial charge in [0.25, 0.3) is 0 Å². The lowest BCUT2D eigenvalue weighted by molar-refractivity contribution is 0.541. The van der Waals surface area contributed by atoms with Gasteiger partial charge in [-0.15, -0.1) is 12.4 Å². The zero-order valence-electron chi connectivity index (χ0n) is 7.51. The molecule has 1 aromatic rings. The fourth-order valence-corrected chi connectivity index (χ4v) is 2.16. The molecule has 0 bridgehead atoms. The fourth-order valence-electron chi connectivity index (χ4n) is 1.75. The standard InChI is InChI=1S/C10H12BrN.ClH/c1-7-10-3-2-9(11)6-8(10)4-5-12-7;/h2-3,6-7,12H,4-5H2,1H3;1H. The molecule has 0 aliphatic carbocycles. The molecule has 1 N–H and O–H groups in total. The van der Waals surface area contributed by atoms with Gasteiger partial charge < -0.3 is 5.32 Å². The Hall–Kier alpha value is -0.0500. The molecule has 72 valence electrons. The SMILES string of the molecule is CC1NCCc2cc(Br)ccc21.Cl. The molecule has 1 aliphatic heterocycles. The molecule has 1 unspecified atom stereocenters. The molecule has 13 heavy (non-hydrogen) atoms. The molecular formula is C10H13BrClN. The second-order valence-corrected chi connectivity index (χ2v) is 4.18. The van der Waals surface area contributed by atoms with Crippen LogP contribution in [0.3, 0.4) is 0 Å². The smallest absolute Gasteiger partial charge is 0.0294 e. The molecular weight excluding hydrogens is 249 g/mol. The zero-order valence-corrected chi connectivity index (χ0v) is 9.91. The van der Waals surface area contributed by atoms with Gasteiger partial charge in [-0.3, -0.25) is 0 Å². The first kappa shape index (κ1) is 11.0. The van der Waals surface area contributed by atoms with Gasteiger partial charge in [-0.1, -0.05) is 22.0 Å². The van der Waals surface area contributed by atoms with Crippen molar-refractivity contribution in [3.05, 3.63) is 33.8 Å². The summed E-state index contributed by atoms with van der Waals surface area (Å²) >= 11 is 3.49. The second-order valence-electron chi connectivity index (χ2n) is 3.27. The van der Waals surface area contributed by atoms with Crippen molar-refractivity contribution in [2.75, 3.05) is 6.54 Å². The van der Waals surface area contributed by atoms with Crippen LogP contribution in [0.1, 0.15) is 24.1 Å². The second kappa shape index (κ2) is 4.45. The zero-order chi connectivity index (χ0) is 8.55. The minimum absolute atomic E-state index is 0. The summed E-state index contributed by atoms with van der Waals surface area (Å²) in [5.74, 6) is 0. The van der Waals surface area contributed by atoms with Crippen LogP contribution < -0.4 is 5.32 Å². The minimum atomic E-state index is 0. The van der Waals surface area contributed by atoms with E-state index in [0.717, 1.165) is 13.0 Å². The third kappa shape index (κ3) is 2.25. The predicted octanol–water partition coefficient (Wildman–Crippen LogP) is 3.08. The minimum Gasteiger partial charge on any atom is -0.310 e. The summed E-state index contributed by atoms with van der Waals surface area (Å²) in [5, 5.41) is 3.44. The average molecular weight is 263 g/mol. The summed E-state index contributed by atoms with van der Waals surface area (Å²) < 4.78 is 1.19. The summed E-state index contributed by atoms with van der Waals surface area (Å²) in [6.45, 7) is 3.32. The molecule has 1 aromatic carbocycles. The molecule has 0 fully saturated rings. The topological polar surface area (TPSA) is 12.0 Å². The number of fused-ring (bicyclic) bond motifs is 1. The van der Waals surface area contributed by atoms with Gasteiger partial charge in [0.05, 0.1) is 0 Å². The third-order valence-corrected chi connectivity index (χ3v) is 2.91. The Morgan fingerprint density at radius 3 is 3.00 bits per heavy atom. The Labute approximate surface area is 93.5 Å². The van der Waals surface area contributed by atoms with Crippen molar-refractivity contribution in [2.24, 2.45) is 0 Å². The Kier molecular flexibility index (Phi) is 3.77. The highest BCUT2D eigenvalue weighted by molar-refractivity contribution is 9.10. The van der Waals surface area contributed by atoms with E-state index < -0.39 is 0 Å². The van der Waals surface area contributed by atoms with Crippen molar-refractivity contribution in [1.82, 2.24) is 5.32 Å². The van der Waals surface area contributed by atoms with Gasteiger partial charge in [0.2, 0.25) is 0 Å². The molecule has 2 rings (SSSR count). The van der Waals surface area contributed by atoms with E-state index in [-0.39, 0.29) is 12.4 Å². The molecule has 0 radical (unpaired) electrons. The van der Waals surface area contributed by atoms with Crippen molar-refractivity contribution < 1.29 is 0 Å².